The molecule has 3 N–H and O–H groups in total. The van der Waals surface area contributed by atoms with Crippen molar-refractivity contribution in [1.29, 1.82) is 0 Å². The van der Waals surface area contributed by atoms with Crippen molar-refractivity contribution >= 4 is 5.97 Å². The molecule has 2 atom stereocenters. The molecule has 0 bridgehead atoms. The van der Waals surface area contributed by atoms with Gasteiger partial charge in [0.1, 0.15) is 0 Å². The summed E-state index contributed by atoms with van der Waals surface area (Å²) in [6.45, 7) is 2.07. The lowest BCUT2D eigenvalue weighted by molar-refractivity contribution is -0.154. The lowest BCUT2D eigenvalue weighted by atomic mass is 10.1. The second-order valence-corrected chi connectivity index (χ2v) is 3.75. The highest BCUT2D eigenvalue weighted by atomic mass is 16.5. The van der Waals surface area contributed by atoms with Crippen molar-refractivity contribution in [1.82, 2.24) is 0 Å². The molecule has 0 aromatic heterocycles. The van der Waals surface area contributed by atoms with Crippen LogP contribution in [0.25, 0.3) is 0 Å². The van der Waals surface area contributed by atoms with Gasteiger partial charge in [-0.3, -0.25) is 0 Å². The van der Waals surface area contributed by atoms with E-state index in [-0.39, 0.29) is 12.6 Å². The van der Waals surface area contributed by atoms with E-state index in [9.17, 15) is 9.90 Å². The number of esters is 1. The zero-order chi connectivity index (χ0) is 12.0. The first kappa shape index (κ1) is 12.7. The van der Waals surface area contributed by atoms with Crippen LogP contribution in [0.2, 0.25) is 0 Å². The van der Waals surface area contributed by atoms with Crippen molar-refractivity contribution in [2.45, 2.75) is 25.5 Å². The molecule has 0 aliphatic carbocycles. The van der Waals surface area contributed by atoms with Gasteiger partial charge in [-0.15, -0.1) is 0 Å². The summed E-state index contributed by atoms with van der Waals surface area (Å²) in [5.74, 6) is -0.633. The first-order chi connectivity index (χ1) is 7.61. The van der Waals surface area contributed by atoms with E-state index in [0.29, 0.717) is 12.0 Å². The molecule has 4 nitrogen and oxygen atoms in total. The summed E-state index contributed by atoms with van der Waals surface area (Å²) in [6, 6.07) is 8.68. The van der Waals surface area contributed by atoms with Crippen LogP contribution < -0.4 is 5.73 Å². The molecule has 1 rings (SSSR count). The minimum atomic E-state index is -1.21. The van der Waals surface area contributed by atoms with Crippen LogP contribution in [0, 0.1) is 0 Å². The summed E-state index contributed by atoms with van der Waals surface area (Å²) in [5.41, 5.74) is 6.05. The van der Waals surface area contributed by atoms with Crippen LogP contribution >= 0.6 is 0 Å². The molecule has 0 aliphatic heterocycles. The molecule has 1 aromatic carbocycles. The van der Waals surface area contributed by atoms with Crippen molar-refractivity contribution in [2.24, 2.45) is 5.73 Å². The van der Waals surface area contributed by atoms with Gasteiger partial charge in [0, 0.05) is 6.04 Å². The van der Waals surface area contributed by atoms with E-state index in [1.807, 2.05) is 13.0 Å². The van der Waals surface area contributed by atoms with Crippen LogP contribution in [-0.4, -0.2) is 23.7 Å². The van der Waals surface area contributed by atoms with Crippen molar-refractivity contribution in [2.75, 3.05) is 6.61 Å². The Morgan fingerprint density at radius 3 is 2.62 bits per heavy atom. The molecule has 88 valence electrons. The van der Waals surface area contributed by atoms with Gasteiger partial charge in [0.15, 0.2) is 6.10 Å². The molecule has 0 radical (unpaired) electrons. The van der Waals surface area contributed by atoms with Crippen LogP contribution in [0.3, 0.4) is 0 Å². The summed E-state index contributed by atoms with van der Waals surface area (Å²) in [6.07, 6.45) is -0.623. The van der Waals surface area contributed by atoms with Crippen LogP contribution in [0.15, 0.2) is 30.3 Å². The molecule has 0 saturated carbocycles. The SMILES string of the molecule is C[C@@H](N)CCOC(=O)C(O)c1ccccc1. The number of carbonyl (C=O) groups is 1. The molecule has 0 amide bonds. The number of rotatable bonds is 5. The number of ether oxygens (including phenoxy) is 1. The number of hydrogen-bond acceptors (Lipinski definition) is 4. The molecule has 0 aliphatic rings. The van der Waals surface area contributed by atoms with Gasteiger partial charge < -0.3 is 15.6 Å². The minimum Gasteiger partial charge on any atom is -0.463 e. The Kier molecular flexibility index (Phi) is 4.95. The smallest absolute Gasteiger partial charge is 0.339 e. The van der Waals surface area contributed by atoms with Gasteiger partial charge in [-0.25, -0.2) is 4.79 Å². The maximum Gasteiger partial charge on any atom is 0.339 e. The Morgan fingerprint density at radius 1 is 1.44 bits per heavy atom. The number of aliphatic hydroxyl groups is 1. The molecule has 0 heterocycles. The quantitative estimate of drug-likeness (QED) is 0.730. The van der Waals surface area contributed by atoms with Gasteiger partial charge >= 0.3 is 5.97 Å². The number of aliphatic hydroxyl groups excluding tert-OH is 1. The van der Waals surface area contributed by atoms with Crippen molar-refractivity contribution in [3.8, 4) is 0 Å². The average Bonchev–Trinajstić information content (AvgIpc) is 2.28. The number of benzene rings is 1. The fourth-order valence-electron chi connectivity index (χ4n) is 1.20. The second kappa shape index (κ2) is 6.25. The fraction of sp³-hybridized carbons (Fsp3) is 0.417. The summed E-state index contributed by atoms with van der Waals surface area (Å²) >= 11 is 0. The third-order valence-corrected chi connectivity index (χ3v) is 2.16. The highest BCUT2D eigenvalue weighted by molar-refractivity contribution is 5.76. The first-order valence-electron chi connectivity index (χ1n) is 5.26. The molecular weight excluding hydrogens is 206 g/mol. The van der Waals surface area contributed by atoms with Gasteiger partial charge in [0.05, 0.1) is 6.61 Å². The minimum absolute atomic E-state index is 0.0123. The molecule has 16 heavy (non-hydrogen) atoms. The molecule has 0 spiro atoms. The third-order valence-electron chi connectivity index (χ3n) is 2.16. The largest absolute Gasteiger partial charge is 0.463 e. The summed E-state index contributed by atoms with van der Waals surface area (Å²) in [4.78, 5) is 11.4. The van der Waals surface area contributed by atoms with Crippen molar-refractivity contribution in [3.05, 3.63) is 35.9 Å². The predicted molar refractivity (Wildman–Crippen MR) is 60.6 cm³/mol. The van der Waals surface area contributed by atoms with Crippen LogP contribution in [0.1, 0.15) is 25.0 Å². The topological polar surface area (TPSA) is 72.5 Å². The van der Waals surface area contributed by atoms with Gasteiger partial charge in [-0.1, -0.05) is 30.3 Å². The number of hydrogen-bond donors (Lipinski definition) is 2. The van der Waals surface area contributed by atoms with E-state index in [1.165, 1.54) is 0 Å². The van der Waals surface area contributed by atoms with Crippen LogP contribution in [0.5, 0.6) is 0 Å². The van der Waals surface area contributed by atoms with E-state index in [4.69, 9.17) is 10.5 Å². The fourth-order valence-corrected chi connectivity index (χ4v) is 1.20. The van der Waals surface area contributed by atoms with E-state index in [2.05, 4.69) is 0 Å². The summed E-state index contributed by atoms with van der Waals surface area (Å²) in [7, 11) is 0. The maximum atomic E-state index is 11.4. The summed E-state index contributed by atoms with van der Waals surface area (Å²) < 4.78 is 4.90. The molecule has 4 heteroatoms. The molecule has 0 saturated heterocycles. The van der Waals surface area contributed by atoms with Gasteiger partial charge in [-0.05, 0) is 18.9 Å². The standard InChI is InChI=1S/C12H17NO3/c1-9(13)7-8-16-12(15)11(14)10-5-3-2-4-6-10/h2-6,9,11,14H,7-8,13H2,1H3/t9-,11?/m1/s1. The van der Waals surface area contributed by atoms with Gasteiger partial charge in [0.25, 0.3) is 0 Å². The number of carbonyl (C=O) groups excluding carboxylic acids is 1. The van der Waals surface area contributed by atoms with E-state index >= 15 is 0 Å². The number of nitrogens with two attached hydrogens (primary N) is 1. The van der Waals surface area contributed by atoms with Crippen molar-refractivity contribution < 1.29 is 14.6 Å². The molecular formula is C12H17NO3. The second-order valence-electron chi connectivity index (χ2n) is 3.75. The Bertz CT molecular complexity index is 324. The third kappa shape index (κ3) is 4.00. The Labute approximate surface area is 95.0 Å². The highest BCUT2D eigenvalue weighted by Crippen LogP contribution is 2.13. The van der Waals surface area contributed by atoms with E-state index < -0.39 is 12.1 Å². The highest BCUT2D eigenvalue weighted by Gasteiger charge is 2.18. The lowest BCUT2D eigenvalue weighted by Gasteiger charge is -2.11. The van der Waals surface area contributed by atoms with Crippen LogP contribution in [0.4, 0.5) is 0 Å². The van der Waals surface area contributed by atoms with Gasteiger partial charge in [-0.2, -0.15) is 0 Å². The predicted octanol–water partition coefficient (Wildman–Crippen LogP) is 1.00. The average molecular weight is 223 g/mol. The zero-order valence-electron chi connectivity index (χ0n) is 9.30. The van der Waals surface area contributed by atoms with Crippen LogP contribution in [-0.2, 0) is 9.53 Å². The Morgan fingerprint density at radius 2 is 2.06 bits per heavy atom. The molecule has 0 fully saturated rings. The Balaban J connectivity index is 2.43. The molecule has 1 unspecified atom stereocenters. The summed E-state index contributed by atoms with van der Waals surface area (Å²) in [5, 5.41) is 9.65. The normalized spacial score (nSPS) is 14.2. The van der Waals surface area contributed by atoms with E-state index in [1.54, 1.807) is 24.3 Å². The first-order valence-corrected chi connectivity index (χ1v) is 5.26. The lowest BCUT2D eigenvalue weighted by Crippen LogP contribution is -2.21. The van der Waals surface area contributed by atoms with Crippen molar-refractivity contribution in [3.63, 3.8) is 0 Å². The maximum absolute atomic E-state index is 11.4. The Hall–Kier alpha value is -1.39. The van der Waals surface area contributed by atoms with Gasteiger partial charge in [0.2, 0.25) is 0 Å². The zero-order valence-corrected chi connectivity index (χ0v) is 9.30. The van der Waals surface area contributed by atoms with E-state index in [0.717, 1.165) is 0 Å². The monoisotopic (exact) mass is 223 g/mol. The molecule has 1 aromatic rings.